The number of ether oxygens (including phenoxy) is 2. The molecule has 0 aliphatic heterocycles. The molecule has 162 valence electrons. The lowest BCUT2D eigenvalue weighted by Crippen LogP contribution is -2.61. The van der Waals surface area contributed by atoms with Crippen LogP contribution in [-0.2, 0) is 15.0 Å². The molecule has 0 aliphatic rings. The van der Waals surface area contributed by atoms with Crippen molar-refractivity contribution in [1.29, 1.82) is 0 Å². The largest absolute Gasteiger partial charge is 0.481 e. The zero-order valence-corrected chi connectivity index (χ0v) is 17.4. The van der Waals surface area contributed by atoms with Crippen molar-refractivity contribution in [1.82, 2.24) is 18.9 Å². The SMILES string of the molecule is COc1cc(OC)nc([N+](C(N)=O)(c2ccccc2C(=O)N(C)OC)S(N)(=O)=O)n1. The van der Waals surface area contributed by atoms with Crippen molar-refractivity contribution in [3.63, 3.8) is 0 Å². The molecule has 0 bridgehead atoms. The number of benzene rings is 1. The number of quaternary nitrogens is 1. The van der Waals surface area contributed by atoms with Gasteiger partial charge >= 0.3 is 22.2 Å². The lowest BCUT2D eigenvalue weighted by molar-refractivity contribution is -0.0756. The van der Waals surface area contributed by atoms with Crippen LogP contribution in [0.5, 0.6) is 11.8 Å². The van der Waals surface area contributed by atoms with Gasteiger partial charge in [0.1, 0.15) is 5.56 Å². The average molecular weight is 441 g/mol. The standard InChI is InChI=1S/C16H20N6O7S/c1-21(29-4)14(23)10-7-5-6-8-11(10)22(15(17)24,30(18,25)26)16-19-12(27-2)9-13(20-16)28-3/h5-9H,1-4H3,(H3-,17,18,24,25,26)/p+1. The summed E-state index contributed by atoms with van der Waals surface area (Å²) < 4.78 is 33.8. The number of methoxy groups -OCH3 is 2. The van der Waals surface area contributed by atoms with E-state index in [0.717, 1.165) is 5.06 Å². The third-order valence-corrected chi connectivity index (χ3v) is 5.40. The van der Waals surface area contributed by atoms with Crippen LogP contribution in [0.1, 0.15) is 10.4 Å². The molecule has 13 nitrogen and oxygen atoms in total. The molecule has 0 saturated heterocycles. The van der Waals surface area contributed by atoms with Gasteiger partial charge in [-0.3, -0.25) is 9.63 Å². The highest BCUT2D eigenvalue weighted by molar-refractivity contribution is 7.89. The van der Waals surface area contributed by atoms with Crippen molar-refractivity contribution < 1.29 is 32.3 Å². The highest BCUT2D eigenvalue weighted by Crippen LogP contribution is 2.39. The monoisotopic (exact) mass is 441 g/mol. The molecule has 0 spiro atoms. The second-order valence-electron chi connectivity index (χ2n) is 5.72. The molecule has 3 amide bonds. The minimum atomic E-state index is -4.96. The normalized spacial score (nSPS) is 13.2. The number of amides is 3. The van der Waals surface area contributed by atoms with Crippen LogP contribution in [0.4, 0.5) is 16.4 Å². The Hall–Kier alpha value is -3.33. The van der Waals surface area contributed by atoms with Gasteiger partial charge in [-0.15, -0.1) is 9.97 Å². The Morgan fingerprint density at radius 3 is 2.03 bits per heavy atom. The zero-order chi connectivity index (χ0) is 22.7. The Morgan fingerprint density at radius 1 is 1.07 bits per heavy atom. The molecule has 4 N–H and O–H groups in total. The number of carbonyl (C=O) groups is 2. The molecule has 2 aromatic rings. The summed E-state index contributed by atoms with van der Waals surface area (Å²) in [5.41, 5.74) is 4.87. The summed E-state index contributed by atoms with van der Waals surface area (Å²) in [6.07, 6.45) is 0. The molecule has 0 fully saturated rings. The van der Waals surface area contributed by atoms with Gasteiger partial charge in [-0.1, -0.05) is 12.1 Å². The maximum Gasteiger partial charge on any atom is 0.443 e. The first-order chi connectivity index (χ1) is 14.0. The van der Waals surface area contributed by atoms with Gasteiger partial charge in [-0.05, 0) is 9.95 Å². The summed E-state index contributed by atoms with van der Waals surface area (Å²) in [4.78, 5) is 38.2. The first-order valence-electron chi connectivity index (χ1n) is 8.15. The van der Waals surface area contributed by atoms with Gasteiger partial charge < -0.3 is 15.2 Å². The van der Waals surface area contributed by atoms with Gasteiger partial charge in [0.15, 0.2) is 5.69 Å². The molecule has 1 atom stereocenters. The Labute approximate surface area is 172 Å². The summed E-state index contributed by atoms with van der Waals surface area (Å²) in [5, 5.41) is 6.29. The average Bonchev–Trinajstić information content (AvgIpc) is 2.71. The van der Waals surface area contributed by atoms with E-state index in [0.29, 0.717) is 0 Å². The second-order valence-corrected chi connectivity index (χ2v) is 7.30. The smallest absolute Gasteiger partial charge is 0.443 e. The van der Waals surface area contributed by atoms with Gasteiger partial charge in [-0.2, -0.15) is 13.6 Å². The van der Waals surface area contributed by atoms with Gasteiger partial charge in [0, 0.05) is 13.1 Å². The number of hydrogen-bond donors (Lipinski definition) is 2. The third kappa shape index (κ3) is 3.76. The predicted octanol–water partition coefficient (Wildman–Crippen LogP) is 0.0484. The van der Waals surface area contributed by atoms with E-state index in [2.05, 4.69) is 9.97 Å². The van der Waals surface area contributed by atoms with Crippen LogP contribution in [0.2, 0.25) is 0 Å². The second kappa shape index (κ2) is 8.58. The van der Waals surface area contributed by atoms with E-state index in [9.17, 15) is 18.0 Å². The van der Waals surface area contributed by atoms with E-state index in [-0.39, 0.29) is 17.3 Å². The fourth-order valence-electron chi connectivity index (χ4n) is 2.63. The van der Waals surface area contributed by atoms with E-state index in [1.165, 1.54) is 58.7 Å². The quantitative estimate of drug-likeness (QED) is 0.444. The van der Waals surface area contributed by atoms with Crippen molar-refractivity contribution in [2.24, 2.45) is 10.9 Å². The Morgan fingerprint density at radius 2 is 1.60 bits per heavy atom. The van der Waals surface area contributed by atoms with Crippen LogP contribution in [0.3, 0.4) is 0 Å². The third-order valence-electron chi connectivity index (χ3n) is 4.09. The molecular formula is C16H21N6O7S+. The highest BCUT2D eigenvalue weighted by Gasteiger charge is 2.56. The van der Waals surface area contributed by atoms with Crippen LogP contribution in [0.25, 0.3) is 0 Å². The number of nitrogens with two attached hydrogens (primary N) is 2. The van der Waals surface area contributed by atoms with Gasteiger partial charge in [0.25, 0.3) is 5.91 Å². The first-order valence-corrected chi connectivity index (χ1v) is 9.66. The number of hydrogen-bond acceptors (Lipinski definition) is 9. The number of aromatic nitrogens is 2. The maximum atomic E-state index is 12.8. The van der Waals surface area contributed by atoms with Crippen molar-refractivity contribution in [2.75, 3.05) is 28.4 Å². The molecule has 30 heavy (non-hydrogen) atoms. The molecule has 2 rings (SSSR count). The molecule has 1 heterocycles. The molecule has 1 aromatic heterocycles. The summed E-state index contributed by atoms with van der Waals surface area (Å²) in [6.45, 7) is 0. The molecule has 0 aliphatic carbocycles. The Balaban J connectivity index is 3.04. The van der Waals surface area contributed by atoms with E-state index in [1.54, 1.807) is 0 Å². The molecule has 14 heteroatoms. The zero-order valence-electron chi connectivity index (χ0n) is 16.6. The van der Waals surface area contributed by atoms with E-state index in [1.807, 2.05) is 0 Å². The number of hydroxylamine groups is 2. The molecule has 1 unspecified atom stereocenters. The van der Waals surface area contributed by atoms with Gasteiger partial charge in [0.2, 0.25) is 11.8 Å². The first kappa shape index (κ1) is 23.0. The number of para-hydroxylation sites is 1. The van der Waals surface area contributed by atoms with Crippen molar-refractivity contribution in [3.8, 4) is 11.8 Å². The van der Waals surface area contributed by atoms with E-state index in [4.69, 9.17) is 25.2 Å². The van der Waals surface area contributed by atoms with Crippen molar-refractivity contribution in [2.45, 2.75) is 0 Å². The summed E-state index contributed by atoms with van der Waals surface area (Å²) in [7, 11) is 0.0782. The fraction of sp³-hybridized carbons (Fsp3) is 0.250. The number of primary amides is 1. The molecule has 1 aromatic carbocycles. The van der Waals surface area contributed by atoms with Crippen LogP contribution >= 0.6 is 0 Å². The highest BCUT2D eigenvalue weighted by atomic mass is 32.2. The lowest BCUT2D eigenvalue weighted by Gasteiger charge is -2.29. The number of urea groups is 1. The Bertz CT molecular complexity index is 1060. The van der Waals surface area contributed by atoms with Crippen molar-refractivity contribution >= 4 is 33.8 Å². The van der Waals surface area contributed by atoms with Gasteiger partial charge in [0.05, 0.1) is 27.4 Å². The van der Waals surface area contributed by atoms with Crippen LogP contribution in [0.15, 0.2) is 30.3 Å². The van der Waals surface area contributed by atoms with Gasteiger partial charge in [-0.25, -0.2) is 9.86 Å². The molecule has 0 saturated carbocycles. The topological polar surface area (TPSA) is 177 Å². The molecular weight excluding hydrogens is 420 g/mol. The number of nitrogens with zero attached hydrogens (tertiary/aromatic N) is 4. The minimum Gasteiger partial charge on any atom is -0.481 e. The van der Waals surface area contributed by atoms with Crippen LogP contribution in [-0.4, -0.2) is 63.8 Å². The number of rotatable bonds is 7. The van der Waals surface area contributed by atoms with E-state index < -0.39 is 37.7 Å². The maximum absolute atomic E-state index is 12.8. The number of carbonyl (C=O) groups excluding carboxylic acids is 2. The minimum absolute atomic E-state index is 0.137. The summed E-state index contributed by atoms with van der Waals surface area (Å²) in [5.74, 6) is -1.76. The van der Waals surface area contributed by atoms with E-state index >= 15 is 0 Å². The predicted molar refractivity (Wildman–Crippen MR) is 105 cm³/mol. The summed E-state index contributed by atoms with van der Waals surface area (Å²) >= 11 is 0. The van der Waals surface area contributed by atoms with Crippen LogP contribution in [0, 0.1) is 0 Å². The fourth-order valence-corrected chi connectivity index (χ4v) is 3.62. The summed E-state index contributed by atoms with van der Waals surface area (Å²) in [6, 6.07) is 5.04. The lowest BCUT2D eigenvalue weighted by atomic mass is 10.1. The van der Waals surface area contributed by atoms with Crippen molar-refractivity contribution in [3.05, 3.63) is 35.9 Å². The van der Waals surface area contributed by atoms with Crippen LogP contribution < -0.4 is 24.2 Å². The molecule has 0 radical (unpaired) electrons. The Kier molecular flexibility index (Phi) is 6.57.